The number of nitrogen functional groups attached to an aromatic ring is 1. The molecule has 0 fully saturated rings. The molecule has 0 spiro atoms. The second-order valence-corrected chi connectivity index (χ2v) is 6.84. The van der Waals surface area contributed by atoms with Gasteiger partial charge in [0.1, 0.15) is 5.75 Å². The van der Waals surface area contributed by atoms with Crippen LogP contribution in [0, 0.1) is 0 Å². The number of nitrogens with two attached hydrogens (primary N) is 1. The van der Waals surface area contributed by atoms with Crippen LogP contribution in [0.25, 0.3) is 0 Å². The van der Waals surface area contributed by atoms with Gasteiger partial charge in [0.15, 0.2) is 18.2 Å². The molecule has 34 heavy (non-hydrogen) atoms. The first-order chi connectivity index (χ1) is 16.5. The summed E-state index contributed by atoms with van der Waals surface area (Å²) >= 11 is 0. The summed E-state index contributed by atoms with van der Waals surface area (Å²) in [5.41, 5.74) is 7.19. The molecule has 0 aliphatic rings. The van der Waals surface area contributed by atoms with Crippen LogP contribution < -0.4 is 21.1 Å². The van der Waals surface area contributed by atoms with Crippen LogP contribution in [-0.2, 0) is 11.3 Å². The predicted octanol–water partition coefficient (Wildman–Crippen LogP) is 3.41. The average Bonchev–Trinajstić information content (AvgIpc) is 3.38. The summed E-state index contributed by atoms with van der Waals surface area (Å²) in [5.74, 6) is 0.0979. The van der Waals surface area contributed by atoms with E-state index in [0.717, 1.165) is 0 Å². The minimum atomic E-state index is -0.595. The maximum Gasteiger partial charge on any atom is 0.338 e. The highest BCUT2D eigenvalue weighted by Gasteiger charge is 2.13. The molecule has 0 aliphatic heterocycles. The SMILES string of the molecule is COc1ccccc1Nc1nc(N)nc(COC(=O)c2ccc(NC(=O)c3ccco3)cc2)n1. The zero-order valence-corrected chi connectivity index (χ0v) is 18.0. The van der Waals surface area contributed by atoms with Crippen molar-refractivity contribution < 1.29 is 23.5 Å². The largest absolute Gasteiger partial charge is 0.495 e. The number of ether oxygens (including phenoxy) is 2. The molecule has 4 aromatic rings. The number of anilines is 4. The zero-order valence-electron chi connectivity index (χ0n) is 18.0. The van der Waals surface area contributed by atoms with Crippen LogP contribution in [0.5, 0.6) is 5.75 Å². The number of hydrogen-bond donors (Lipinski definition) is 3. The Morgan fingerprint density at radius 3 is 2.53 bits per heavy atom. The highest BCUT2D eigenvalue weighted by Crippen LogP contribution is 2.25. The molecule has 4 rings (SSSR count). The molecule has 0 unspecified atom stereocenters. The first-order valence-electron chi connectivity index (χ1n) is 10.0. The number of benzene rings is 2. The standard InChI is InChI=1S/C23H20N6O5/c1-32-17-6-3-2-5-16(17)26-23-28-19(27-22(24)29-23)13-34-21(31)14-8-10-15(11-9-14)25-20(30)18-7-4-12-33-18/h2-12H,13H2,1H3,(H,25,30)(H3,24,26,27,28,29). The van der Waals surface area contributed by atoms with Gasteiger partial charge in [0.25, 0.3) is 5.91 Å². The fourth-order valence-electron chi connectivity index (χ4n) is 2.93. The normalized spacial score (nSPS) is 10.4. The molecule has 2 aromatic carbocycles. The lowest BCUT2D eigenvalue weighted by molar-refractivity contribution is 0.0462. The van der Waals surface area contributed by atoms with Gasteiger partial charge < -0.3 is 30.3 Å². The number of hydrogen-bond acceptors (Lipinski definition) is 10. The number of carbonyl (C=O) groups is 2. The number of para-hydroxylation sites is 2. The number of aromatic nitrogens is 3. The van der Waals surface area contributed by atoms with E-state index in [9.17, 15) is 9.59 Å². The number of amides is 1. The van der Waals surface area contributed by atoms with Crippen molar-refractivity contribution in [2.24, 2.45) is 0 Å². The van der Waals surface area contributed by atoms with Crippen molar-refractivity contribution in [2.75, 3.05) is 23.5 Å². The van der Waals surface area contributed by atoms with E-state index >= 15 is 0 Å². The van der Waals surface area contributed by atoms with E-state index in [1.54, 1.807) is 43.5 Å². The number of methoxy groups -OCH3 is 1. The lowest BCUT2D eigenvalue weighted by Crippen LogP contribution is -2.12. The van der Waals surface area contributed by atoms with Crippen molar-refractivity contribution in [3.63, 3.8) is 0 Å². The average molecular weight is 460 g/mol. The van der Waals surface area contributed by atoms with Gasteiger partial charge in [0, 0.05) is 5.69 Å². The number of furan rings is 1. The van der Waals surface area contributed by atoms with Crippen LogP contribution in [0.3, 0.4) is 0 Å². The minimum Gasteiger partial charge on any atom is -0.495 e. The molecule has 0 saturated heterocycles. The summed E-state index contributed by atoms with van der Waals surface area (Å²) < 4.78 is 15.6. The minimum absolute atomic E-state index is 0.0323. The van der Waals surface area contributed by atoms with Crippen LogP contribution in [0.15, 0.2) is 71.3 Å². The van der Waals surface area contributed by atoms with E-state index in [1.165, 1.54) is 18.4 Å². The van der Waals surface area contributed by atoms with E-state index in [4.69, 9.17) is 19.6 Å². The van der Waals surface area contributed by atoms with E-state index in [1.807, 2.05) is 12.1 Å². The molecule has 0 saturated carbocycles. The highest BCUT2D eigenvalue weighted by molar-refractivity contribution is 6.02. The van der Waals surface area contributed by atoms with Gasteiger partial charge in [-0.3, -0.25) is 4.79 Å². The summed E-state index contributed by atoms with van der Waals surface area (Å²) in [6.07, 6.45) is 1.41. The Bertz CT molecular complexity index is 1290. The summed E-state index contributed by atoms with van der Waals surface area (Å²) in [5, 5.41) is 5.67. The number of nitrogens with zero attached hydrogens (tertiary/aromatic N) is 3. The number of carbonyl (C=O) groups excluding carboxylic acids is 2. The number of rotatable bonds is 8. The monoisotopic (exact) mass is 460 g/mol. The molecule has 11 nitrogen and oxygen atoms in total. The van der Waals surface area contributed by atoms with Crippen molar-refractivity contribution in [3.8, 4) is 5.75 Å². The molecular formula is C23H20N6O5. The van der Waals surface area contributed by atoms with Crippen LogP contribution in [0.1, 0.15) is 26.7 Å². The Labute approximate surface area is 194 Å². The second kappa shape index (κ2) is 10.1. The molecule has 0 aliphatic carbocycles. The molecule has 2 heterocycles. The van der Waals surface area contributed by atoms with Gasteiger partial charge in [-0.05, 0) is 48.5 Å². The Morgan fingerprint density at radius 1 is 1.00 bits per heavy atom. The molecule has 4 N–H and O–H groups in total. The van der Waals surface area contributed by atoms with Gasteiger partial charge >= 0.3 is 5.97 Å². The summed E-state index contributed by atoms with van der Waals surface area (Å²) in [6, 6.07) is 16.6. The third kappa shape index (κ3) is 5.46. The fraction of sp³-hybridized carbons (Fsp3) is 0.0870. The van der Waals surface area contributed by atoms with Crippen LogP contribution in [0.4, 0.5) is 23.3 Å². The maximum absolute atomic E-state index is 12.4. The highest BCUT2D eigenvalue weighted by atomic mass is 16.5. The quantitative estimate of drug-likeness (QED) is 0.333. The molecule has 172 valence electrons. The third-order valence-corrected chi connectivity index (χ3v) is 4.51. The molecular weight excluding hydrogens is 440 g/mol. The van der Waals surface area contributed by atoms with Gasteiger partial charge in [-0.2, -0.15) is 15.0 Å². The predicted molar refractivity (Wildman–Crippen MR) is 123 cm³/mol. The molecule has 2 aromatic heterocycles. The van der Waals surface area contributed by atoms with Gasteiger partial charge in [0.05, 0.1) is 24.6 Å². The van der Waals surface area contributed by atoms with Gasteiger partial charge in [-0.25, -0.2) is 4.79 Å². The maximum atomic E-state index is 12.4. The van der Waals surface area contributed by atoms with Gasteiger partial charge in [-0.1, -0.05) is 12.1 Å². The number of nitrogens with one attached hydrogen (secondary N) is 2. The topological polar surface area (TPSA) is 154 Å². The Morgan fingerprint density at radius 2 is 1.79 bits per heavy atom. The lowest BCUT2D eigenvalue weighted by atomic mass is 10.2. The second-order valence-electron chi connectivity index (χ2n) is 6.84. The first kappa shape index (κ1) is 22.3. The molecule has 0 bridgehead atoms. The van der Waals surface area contributed by atoms with Crippen molar-refractivity contribution in [2.45, 2.75) is 6.61 Å². The molecule has 1 amide bonds. The summed E-state index contributed by atoms with van der Waals surface area (Å²) in [6.45, 7) is -0.219. The van der Waals surface area contributed by atoms with E-state index in [2.05, 4.69) is 25.6 Å². The van der Waals surface area contributed by atoms with Crippen molar-refractivity contribution >= 4 is 35.1 Å². The Kier molecular flexibility index (Phi) is 6.63. The van der Waals surface area contributed by atoms with E-state index in [-0.39, 0.29) is 35.7 Å². The van der Waals surface area contributed by atoms with Gasteiger partial charge in [0.2, 0.25) is 11.9 Å². The molecule has 0 radical (unpaired) electrons. The van der Waals surface area contributed by atoms with Crippen LogP contribution in [-0.4, -0.2) is 33.9 Å². The van der Waals surface area contributed by atoms with E-state index in [0.29, 0.717) is 17.1 Å². The van der Waals surface area contributed by atoms with E-state index < -0.39 is 11.9 Å². The van der Waals surface area contributed by atoms with Gasteiger partial charge in [-0.15, -0.1) is 0 Å². The van der Waals surface area contributed by atoms with Crippen molar-refractivity contribution in [3.05, 3.63) is 84.1 Å². The Hall–Kier alpha value is -4.93. The summed E-state index contributed by atoms with van der Waals surface area (Å²) in [7, 11) is 1.55. The molecule has 0 atom stereocenters. The zero-order chi connectivity index (χ0) is 23.9. The Balaban J connectivity index is 1.37. The van der Waals surface area contributed by atoms with Crippen molar-refractivity contribution in [1.29, 1.82) is 0 Å². The fourth-order valence-corrected chi connectivity index (χ4v) is 2.93. The first-order valence-corrected chi connectivity index (χ1v) is 10.0. The van der Waals surface area contributed by atoms with Crippen molar-refractivity contribution in [1.82, 2.24) is 15.0 Å². The lowest BCUT2D eigenvalue weighted by Gasteiger charge is -2.11. The summed E-state index contributed by atoms with van der Waals surface area (Å²) in [4.78, 5) is 36.7. The van der Waals surface area contributed by atoms with Crippen LogP contribution >= 0.6 is 0 Å². The van der Waals surface area contributed by atoms with Crippen LogP contribution in [0.2, 0.25) is 0 Å². The molecule has 11 heteroatoms. The number of esters is 1. The smallest absolute Gasteiger partial charge is 0.338 e. The third-order valence-electron chi connectivity index (χ3n) is 4.51.